The van der Waals surface area contributed by atoms with Gasteiger partial charge in [0.15, 0.2) is 0 Å². The number of amides is 1. The Labute approximate surface area is 128 Å². The van der Waals surface area contributed by atoms with Crippen molar-refractivity contribution >= 4 is 11.7 Å². The Hall–Kier alpha value is -1.79. The zero-order chi connectivity index (χ0) is 15.5. The molecule has 0 radical (unpaired) electrons. The number of aromatic nitrogens is 2. The predicted octanol–water partition coefficient (Wildman–Crippen LogP) is 1.95. The molecule has 7 heteroatoms. The third-order valence-corrected chi connectivity index (χ3v) is 4.15. The Balaban J connectivity index is 1.62. The van der Waals surface area contributed by atoms with E-state index in [0.717, 1.165) is 43.9 Å². The van der Waals surface area contributed by atoms with Crippen molar-refractivity contribution in [3.63, 3.8) is 0 Å². The van der Waals surface area contributed by atoms with Gasteiger partial charge in [0.2, 0.25) is 5.91 Å². The molecule has 2 aliphatic rings. The summed E-state index contributed by atoms with van der Waals surface area (Å²) in [6, 6.07) is 1.85. The van der Waals surface area contributed by atoms with Crippen LogP contribution in [-0.2, 0) is 4.79 Å². The molecule has 0 spiro atoms. The van der Waals surface area contributed by atoms with Gasteiger partial charge >= 0.3 is 0 Å². The number of carbonyl (C=O) groups is 1. The standard InChI is InChI=1S/C15H20F2N4O/c16-12(17)8-19-15(22)11-2-1-7-21(9-11)13-5-6-18-14(20-13)10-3-4-10/h5-6,10-12H,1-4,7-9H2,(H,19,22). The first-order valence-corrected chi connectivity index (χ1v) is 7.77. The van der Waals surface area contributed by atoms with Crippen LogP contribution in [0.5, 0.6) is 0 Å². The summed E-state index contributed by atoms with van der Waals surface area (Å²) in [5.41, 5.74) is 0. The van der Waals surface area contributed by atoms with E-state index in [1.54, 1.807) is 6.20 Å². The highest BCUT2D eigenvalue weighted by Gasteiger charge is 2.29. The van der Waals surface area contributed by atoms with Crippen LogP contribution in [0.25, 0.3) is 0 Å². The van der Waals surface area contributed by atoms with Gasteiger partial charge in [0.1, 0.15) is 11.6 Å². The number of hydrogen-bond acceptors (Lipinski definition) is 4. The summed E-state index contributed by atoms with van der Waals surface area (Å²) in [5.74, 6) is 1.65. The maximum absolute atomic E-state index is 12.2. The van der Waals surface area contributed by atoms with E-state index < -0.39 is 13.0 Å². The molecule has 0 bridgehead atoms. The Morgan fingerprint density at radius 2 is 2.23 bits per heavy atom. The van der Waals surface area contributed by atoms with E-state index in [9.17, 15) is 13.6 Å². The first-order chi connectivity index (χ1) is 10.6. The van der Waals surface area contributed by atoms with E-state index in [-0.39, 0.29) is 11.8 Å². The van der Waals surface area contributed by atoms with Crippen LogP contribution in [-0.4, -0.2) is 41.9 Å². The third-order valence-electron chi connectivity index (χ3n) is 4.15. The van der Waals surface area contributed by atoms with Crippen molar-refractivity contribution in [2.75, 3.05) is 24.5 Å². The zero-order valence-electron chi connectivity index (χ0n) is 12.3. The number of piperidine rings is 1. The minimum atomic E-state index is -2.51. The van der Waals surface area contributed by atoms with Gasteiger partial charge in [-0.25, -0.2) is 18.7 Å². The summed E-state index contributed by atoms with van der Waals surface area (Å²) in [4.78, 5) is 22.9. The topological polar surface area (TPSA) is 58.1 Å². The summed E-state index contributed by atoms with van der Waals surface area (Å²) in [6.45, 7) is 0.782. The number of rotatable bonds is 5. The van der Waals surface area contributed by atoms with Crippen molar-refractivity contribution in [2.45, 2.75) is 38.0 Å². The molecule has 3 rings (SSSR count). The molecule has 2 fully saturated rings. The van der Waals surface area contributed by atoms with Crippen molar-refractivity contribution in [3.8, 4) is 0 Å². The molecule has 2 heterocycles. The van der Waals surface area contributed by atoms with Gasteiger partial charge in [-0.15, -0.1) is 0 Å². The molecule has 1 atom stereocenters. The lowest BCUT2D eigenvalue weighted by molar-refractivity contribution is -0.125. The highest BCUT2D eigenvalue weighted by molar-refractivity contribution is 5.79. The normalized spacial score (nSPS) is 22.0. The second kappa shape index (κ2) is 6.54. The minimum absolute atomic E-state index is 0.258. The van der Waals surface area contributed by atoms with E-state index >= 15 is 0 Å². The van der Waals surface area contributed by atoms with E-state index in [4.69, 9.17) is 0 Å². The quantitative estimate of drug-likeness (QED) is 0.903. The molecule has 1 N–H and O–H groups in total. The molecule has 1 unspecified atom stereocenters. The molecule has 1 aromatic heterocycles. The van der Waals surface area contributed by atoms with E-state index in [0.29, 0.717) is 12.5 Å². The van der Waals surface area contributed by atoms with Gasteiger partial charge in [-0.1, -0.05) is 0 Å². The van der Waals surface area contributed by atoms with Crippen molar-refractivity contribution < 1.29 is 13.6 Å². The molecule has 1 saturated heterocycles. The lowest BCUT2D eigenvalue weighted by atomic mass is 9.97. The largest absolute Gasteiger partial charge is 0.356 e. The lowest BCUT2D eigenvalue weighted by Crippen LogP contribution is -2.44. The zero-order valence-corrected chi connectivity index (χ0v) is 12.3. The molecule has 1 amide bonds. The molecule has 22 heavy (non-hydrogen) atoms. The van der Waals surface area contributed by atoms with E-state index in [2.05, 4.69) is 20.2 Å². The van der Waals surface area contributed by atoms with Crippen molar-refractivity contribution in [1.29, 1.82) is 0 Å². The van der Waals surface area contributed by atoms with Gasteiger partial charge in [0, 0.05) is 25.2 Å². The first kappa shape index (κ1) is 15.1. The highest BCUT2D eigenvalue weighted by Crippen LogP contribution is 2.38. The first-order valence-electron chi connectivity index (χ1n) is 7.77. The van der Waals surface area contributed by atoms with Crippen molar-refractivity contribution in [2.24, 2.45) is 5.92 Å². The highest BCUT2D eigenvalue weighted by atomic mass is 19.3. The molecule has 1 aliphatic heterocycles. The average Bonchev–Trinajstić information content (AvgIpc) is 3.38. The van der Waals surface area contributed by atoms with Gasteiger partial charge in [-0.3, -0.25) is 4.79 Å². The Morgan fingerprint density at radius 1 is 1.41 bits per heavy atom. The molecule has 5 nitrogen and oxygen atoms in total. The van der Waals surface area contributed by atoms with E-state index in [1.165, 1.54) is 0 Å². The number of alkyl halides is 2. The molecular formula is C15H20F2N4O. The summed E-state index contributed by atoms with van der Waals surface area (Å²) in [7, 11) is 0. The Kier molecular flexibility index (Phi) is 4.49. The van der Waals surface area contributed by atoms with Crippen LogP contribution in [0.1, 0.15) is 37.4 Å². The van der Waals surface area contributed by atoms with Crippen LogP contribution < -0.4 is 10.2 Å². The summed E-state index contributed by atoms with van der Waals surface area (Å²) < 4.78 is 24.4. The second-order valence-electron chi connectivity index (χ2n) is 5.97. The van der Waals surface area contributed by atoms with Gasteiger partial charge < -0.3 is 10.2 Å². The molecule has 1 saturated carbocycles. The van der Waals surface area contributed by atoms with Gasteiger partial charge in [-0.05, 0) is 31.7 Å². The monoisotopic (exact) mass is 310 g/mol. The van der Waals surface area contributed by atoms with Crippen LogP contribution in [0, 0.1) is 5.92 Å². The maximum Gasteiger partial charge on any atom is 0.255 e. The summed E-state index contributed by atoms with van der Waals surface area (Å²) in [6.07, 6.45) is 3.12. The average molecular weight is 310 g/mol. The lowest BCUT2D eigenvalue weighted by Gasteiger charge is -2.33. The van der Waals surface area contributed by atoms with Gasteiger partial charge in [0.05, 0.1) is 12.5 Å². The second-order valence-corrected chi connectivity index (χ2v) is 5.97. The Bertz CT molecular complexity index is 536. The number of anilines is 1. The number of carbonyl (C=O) groups excluding carboxylic acids is 1. The molecule has 1 aromatic rings. The van der Waals surface area contributed by atoms with Crippen LogP contribution in [0.3, 0.4) is 0 Å². The third kappa shape index (κ3) is 3.69. The minimum Gasteiger partial charge on any atom is -0.356 e. The fraction of sp³-hybridized carbons (Fsp3) is 0.667. The smallest absolute Gasteiger partial charge is 0.255 e. The van der Waals surface area contributed by atoms with Crippen LogP contribution in [0.15, 0.2) is 12.3 Å². The number of nitrogens with zero attached hydrogens (tertiary/aromatic N) is 3. The summed E-state index contributed by atoms with van der Waals surface area (Å²) >= 11 is 0. The predicted molar refractivity (Wildman–Crippen MR) is 78.0 cm³/mol. The number of nitrogens with one attached hydrogen (secondary N) is 1. The number of hydrogen-bond donors (Lipinski definition) is 1. The Morgan fingerprint density at radius 3 is 2.95 bits per heavy atom. The maximum atomic E-state index is 12.2. The van der Waals surface area contributed by atoms with Gasteiger partial charge in [-0.2, -0.15) is 0 Å². The van der Waals surface area contributed by atoms with Crippen molar-refractivity contribution in [3.05, 3.63) is 18.1 Å². The fourth-order valence-corrected chi connectivity index (χ4v) is 2.80. The van der Waals surface area contributed by atoms with Crippen LogP contribution >= 0.6 is 0 Å². The summed E-state index contributed by atoms with van der Waals surface area (Å²) in [5, 5.41) is 2.32. The van der Waals surface area contributed by atoms with Gasteiger partial charge in [0.25, 0.3) is 6.43 Å². The van der Waals surface area contributed by atoms with Crippen LogP contribution in [0.4, 0.5) is 14.6 Å². The molecule has 0 aromatic carbocycles. The van der Waals surface area contributed by atoms with Crippen LogP contribution in [0.2, 0.25) is 0 Å². The van der Waals surface area contributed by atoms with Crippen molar-refractivity contribution in [1.82, 2.24) is 15.3 Å². The fourth-order valence-electron chi connectivity index (χ4n) is 2.80. The van der Waals surface area contributed by atoms with E-state index in [1.807, 2.05) is 6.07 Å². The molecular weight excluding hydrogens is 290 g/mol. The number of halogens is 2. The SMILES string of the molecule is O=C(NCC(F)F)C1CCCN(c2ccnc(C3CC3)n2)C1. The molecule has 120 valence electrons. The molecule has 1 aliphatic carbocycles.